The lowest BCUT2D eigenvalue weighted by molar-refractivity contribution is 0.101. The van der Waals surface area contributed by atoms with Crippen molar-refractivity contribution in [2.45, 2.75) is 20.1 Å². The van der Waals surface area contributed by atoms with Crippen LogP contribution in [0.5, 0.6) is 0 Å². The fourth-order valence-electron chi connectivity index (χ4n) is 1.40. The first-order valence-corrected chi connectivity index (χ1v) is 4.05. The first-order valence-electron chi connectivity index (χ1n) is 4.05. The van der Waals surface area contributed by atoms with Crippen molar-refractivity contribution in [1.82, 2.24) is 4.98 Å². The van der Waals surface area contributed by atoms with Gasteiger partial charge in [0, 0.05) is 5.56 Å². The summed E-state index contributed by atoms with van der Waals surface area (Å²) in [4.78, 5) is 15.2. The van der Waals surface area contributed by atoms with Gasteiger partial charge in [-0.05, 0) is 13.0 Å². The molecule has 2 rings (SSSR count). The van der Waals surface area contributed by atoms with Gasteiger partial charge in [0.2, 0.25) is 0 Å². The Morgan fingerprint density at radius 1 is 1.62 bits per heavy atom. The molecule has 2 heterocycles. The zero-order valence-corrected chi connectivity index (χ0v) is 7.33. The molecule has 0 fully saturated rings. The predicted octanol–water partition coefficient (Wildman–Crippen LogP) is 0.897. The van der Waals surface area contributed by atoms with Gasteiger partial charge in [0.05, 0.1) is 24.5 Å². The van der Waals surface area contributed by atoms with Crippen LogP contribution in [0.15, 0.2) is 6.07 Å². The van der Waals surface area contributed by atoms with Gasteiger partial charge >= 0.3 is 0 Å². The molecule has 0 bridgehead atoms. The highest BCUT2D eigenvalue weighted by Crippen LogP contribution is 2.22. The maximum absolute atomic E-state index is 11.1. The number of aromatic nitrogens is 1. The van der Waals surface area contributed by atoms with Crippen molar-refractivity contribution in [2.75, 3.05) is 5.73 Å². The first kappa shape index (κ1) is 8.19. The molecule has 0 spiro atoms. The van der Waals surface area contributed by atoms with Crippen LogP contribution < -0.4 is 5.73 Å². The lowest BCUT2D eigenvalue weighted by atomic mass is 10.1. The molecule has 1 aliphatic rings. The summed E-state index contributed by atoms with van der Waals surface area (Å²) in [6.07, 6.45) is 0. The maximum Gasteiger partial charge on any atom is 0.163 e. The molecule has 0 saturated carbocycles. The van der Waals surface area contributed by atoms with Gasteiger partial charge in [-0.1, -0.05) is 0 Å². The van der Waals surface area contributed by atoms with Crippen LogP contribution in [0.25, 0.3) is 0 Å². The van der Waals surface area contributed by atoms with Crippen LogP contribution in [-0.4, -0.2) is 10.8 Å². The van der Waals surface area contributed by atoms with E-state index in [2.05, 4.69) is 4.98 Å². The first-order chi connectivity index (χ1) is 6.18. The van der Waals surface area contributed by atoms with E-state index in [4.69, 9.17) is 10.5 Å². The lowest BCUT2D eigenvalue weighted by Gasteiger charge is -2.03. The smallest absolute Gasteiger partial charge is 0.163 e. The molecule has 0 amide bonds. The van der Waals surface area contributed by atoms with Gasteiger partial charge in [0.25, 0.3) is 0 Å². The Morgan fingerprint density at radius 2 is 2.38 bits per heavy atom. The van der Waals surface area contributed by atoms with E-state index >= 15 is 0 Å². The number of carbonyl (C=O) groups is 1. The van der Waals surface area contributed by atoms with Gasteiger partial charge < -0.3 is 10.5 Å². The molecular weight excluding hydrogens is 168 g/mol. The number of hydrogen-bond donors (Lipinski definition) is 1. The summed E-state index contributed by atoms with van der Waals surface area (Å²) in [5.74, 6) is 0.247. The number of nitrogens with zero attached hydrogens (tertiary/aromatic N) is 1. The van der Waals surface area contributed by atoms with Crippen molar-refractivity contribution in [2.24, 2.45) is 0 Å². The third-order valence-corrected chi connectivity index (χ3v) is 2.10. The lowest BCUT2D eigenvalue weighted by Crippen LogP contribution is -2.05. The molecule has 1 aliphatic heterocycles. The number of pyridine rings is 1. The van der Waals surface area contributed by atoms with Crippen molar-refractivity contribution < 1.29 is 9.53 Å². The fraction of sp³-hybridized carbons (Fsp3) is 0.333. The van der Waals surface area contributed by atoms with Crippen LogP contribution in [0.1, 0.15) is 28.5 Å². The van der Waals surface area contributed by atoms with Gasteiger partial charge in [0.15, 0.2) is 5.78 Å². The molecule has 0 radical (unpaired) electrons. The number of anilines is 1. The minimum Gasteiger partial charge on any atom is -0.383 e. The molecule has 4 heteroatoms. The van der Waals surface area contributed by atoms with Crippen LogP contribution in [0.4, 0.5) is 5.82 Å². The Balaban J connectivity index is 2.55. The Labute approximate surface area is 75.7 Å². The standard InChI is InChI=1S/C9H10N2O2/c1-5(12)7-2-6-3-13-4-8(6)11-9(7)10/h2H,3-4H2,1H3,(H2,10,11). The number of nitrogens with two attached hydrogens (primary N) is 1. The van der Waals surface area contributed by atoms with E-state index in [-0.39, 0.29) is 5.78 Å². The van der Waals surface area contributed by atoms with E-state index in [9.17, 15) is 4.79 Å². The van der Waals surface area contributed by atoms with Crippen LogP contribution in [0.2, 0.25) is 0 Å². The maximum atomic E-state index is 11.1. The third kappa shape index (κ3) is 1.29. The van der Waals surface area contributed by atoms with E-state index in [1.165, 1.54) is 6.92 Å². The van der Waals surface area contributed by atoms with Gasteiger partial charge in [-0.2, -0.15) is 0 Å². The molecule has 68 valence electrons. The highest BCUT2D eigenvalue weighted by Gasteiger charge is 2.17. The number of ether oxygens (including phenoxy) is 1. The molecule has 0 saturated heterocycles. The predicted molar refractivity (Wildman–Crippen MR) is 47.1 cm³/mol. The number of Topliss-reactive ketones (excluding diaryl/α,β-unsaturated/α-hetero) is 1. The van der Waals surface area contributed by atoms with Crippen LogP contribution in [-0.2, 0) is 18.0 Å². The highest BCUT2D eigenvalue weighted by molar-refractivity contribution is 5.98. The normalized spacial score (nSPS) is 14.2. The zero-order valence-electron chi connectivity index (χ0n) is 7.33. The number of hydrogen-bond acceptors (Lipinski definition) is 4. The molecule has 1 aromatic rings. The zero-order chi connectivity index (χ0) is 9.42. The van der Waals surface area contributed by atoms with Gasteiger partial charge in [0.1, 0.15) is 5.82 Å². The van der Waals surface area contributed by atoms with E-state index in [0.29, 0.717) is 24.6 Å². The summed E-state index contributed by atoms with van der Waals surface area (Å²) in [5, 5.41) is 0. The van der Waals surface area contributed by atoms with Crippen molar-refractivity contribution in [1.29, 1.82) is 0 Å². The van der Waals surface area contributed by atoms with Crippen molar-refractivity contribution in [3.63, 3.8) is 0 Å². The molecular formula is C9H10N2O2. The number of rotatable bonds is 1. The molecule has 4 nitrogen and oxygen atoms in total. The summed E-state index contributed by atoms with van der Waals surface area (Å²) in [7, 11) is 0. The molecule has 2 N–H and O–H groups in total. The second kappa shape index (κ2) is 2.81. The van der Waals surface area contributed by atoms with E-state index in [1.54, 1.807) is 6.07 Å². The van der Waals surface area contributed by atoms with Crippen LogP contribution in [0, 0.1) is 0 Å². The molecule has 0 aromatic carbocycles. The molecule has 0 atom stereocenters. The SMILES string of the molecule is CC(=O)c1cc2c(nc1N)COC2. The number of carbonyl (C=O) groups excluding carboxylic acids is 1. The summed E-state index contributed by atoms with van der Waals surface area (Å²) in [6, 6.07) is 1.77. The molecule has 1 aromatic heterocycles. The summed E-state index contributed by atoms with van der Waals surface area (Å²) in [6.45, 7) is 2.51. The summed E-state index contributed by atoms with van der Waals surface area (Å²) in [5.41, 5.74) is 7.92. The second-order valence-electron chi connectivity index (χ2n) is 3.08. The summed E-state index contributed by atoms with van der Waals surface area (Å²) < 4.78 is 5.18. The number of ketones is 1. The Bertz CT molecular complexity index is 374. The Hall–Kier alpha value is -1.42. The van der Waals surface area contributed by atoms with Crippen LogP contribution >= 0.6 is 0 Å². The number of nitrogen functional groups attached to an aromatic ring is 1. The Morgan fingerprint density at radius 3 is 3.08 bits per heavy atom. The van der Waals surface area contributed by atoms with E-state index in [0.717, 1.165) is 11.3 Å². The number of fused-ring (bicyclic) bond motifs is 1. The minimum atomic E-state index is -0.0558. The van der Waals surface area contributed by atoms with Gasteiger partial charge in [-0.3, -0.25) is 4.79 Å². The molecule has 0 aliphatic carbocycles. The summed E-state index contributed by atoms with van der Waals surface area (Å²) >= 11 is 0. The van der Waals surface area contributed by atoms with Crippen molar-refractivity contribution in [3.8, 4) is 0 Å². The largest absolute Gasteiger partial charge is 0.383 e. The topological polar surface area (TPSA) is 65.2 Å². The van der Waals surface area contributed by atoms with Crippen LogP contribution in [0.3, 0.4) is 0 Å². The highest BCUT2D eigenvalue weighted by atomic mass is 16.5. The van der Waals surface area contributed by atoms with E-state index in [1.807, 2.05) is 0 Å². The van der Waals surface area contributed by atoms with Gasteiger partial charge in [-0.25, -0.2) is 4.98 Å². The van der Waals surface area contributed by atoms with Crippen molar-refractivity contribution in [3.05, 3.63) is 22.9 Å². The minimum absolute atomic E-state index is 0.0558. The van der Waals surface area contributed by atoms with E-state index < -0.39 is 0 Å². The fourth-order valence-corrected chi connectivity index (χ4v) is 1.40. The van der Waals surface area contributed by atoms with Crippen molar-refractivity contribution >= 4 is 11.6 Å². The second-order valence-corrected chi connectivity index (χ2v) is 3.08. The molecule has 0 unspecified atom stereocenters. The average Bonchev–Trinajstić information content (AvgIpc) is 2.48. The molecule has 13 heavy (non-hydrogen) atoms. The Kier molecular flexibility index (Phi) is 1.77. The van der Waals surface area contributed by atoms with Gasteiger partial charge in [-0.15, -0.1) is 0 Å². The monoisotopic (exact) mass is 178 g/mol. The third-order valence-electron chi connectivity index (χ3n) is 2.10. The quantitative estimate of drug-likeness (QED) is 0.649. The average molecular weight is 178 g/mol.